The van der Waals surface area contributed by atoms with Gasteiger partial charge in [-0.05, 0) is 30.7 Å². The summed E-state index contributed by atoms with van der Waals surface area (Å²) in [5, 5.41) is -0.0262. The van der Waals surface area contributed by atoms with E-state index >= 15 is 0 Å². The first-order valence-corrected chi connectivity index (χ1v) is 5.37. The summed E-state index contributed by atoms with van der Waals surface area (Å²) >= 11 is 5.72. The average molecular weight is 254 g/mol. The fraction of sp³-hybridized carbons (Fsp3) is 0.182. The van der Waals surface area contributed by atoms with E-state index in [0.29, 0.717) is 6.61 Å². The molecule has 0 atom stereocenters. The predicted octanol–water partition coefficient (Wildman–Crippen LogP) is 2.73. The Morgan fingerprint density at radius 1 is 1.24 bits per heavy atom. The van der Waals surface area contributed by atoms with Crippen LogP contribution in [-0.4, -0.2) is 21.6 Å². The number of hydrogen-bond acceptors (Lipinski definition) is 4. The van der Waals surface area contributed by atoms with E-state index in [-0.39, 0.29) is 22.7 Å². The van der Waals surface area contributed by atoms with Crippen LogP contribution in [0.1, 0.15) is 6.92 Å². The van der Waals surface area contributed by atoms with Gasteiger partial charge in [0.05, 0.1) is 12.2 Å². The molecule has 0 aliphatic heterocycles. The molecule has 0 N–H and O–H groups in total. The second kappa shape index (κ2) is 5.05. The van der Waals surface area contributed by atoms with Gasteiger partial charge in [-0.2, -0.15) is 15.0 Å². The van der Waals surface area contributed by atoms with Gasteiger partial charge >= 0.3 is 6.01 Å². The van der Waals surface area contributed by atoms with Crippen molar-refractivity contribution in [2.45, 2.75) is 6.92 Å². The van der Waals surface area contributed by atoms with Crippen molar-refractivity contribution in [2.24, 2.45) is 0 Å². The third-order valence-electron chi connectivity index (χ3n) is 1.98. The van der Waals surface area contributed by atoms with Crippen molar-refractivity contribution in [1.82, 2.24) is 15.0 Å². The van der Waals surface area contributed by atoms with Crippen LogP contribution in [0.5, 0.6) is 6.01 Å². The van der Waals surface area contributed by atoms with Crippen LogP contribution < -0.4 is 4.74 Å². The summed E-state index contributed by atoms with van der Waals surface area (Å²) in [6, 6.07) is 6.26. The van der Waals surface area contributed by atoms with Crippen LogP contribution >= 0.6 is 11.6 Å². The zero-order chi connectivity index (χ0) is 12.3. The molecule has 0 spiro atoms. The molecule has 0 aliphatic carbocycles. The molecular formula is C11H9ClFN3O. The highest BCUT2D eigenvalue weighted by molar-refractivity contribution is 6.28. The molecule has 1 aromatic heterocycles. The second-order valence-electron chi connectivity index (χ2n) is 3.12. The standard InChI is InChI=1S/C11H9ClFN3O/c1-2-17-11-15-9(14-10(12)16-11)7-5-3-4-6-8(7)13/h3-6H,2H2,1H3. The molecule has 2 rings (SSSR count). The summed E-state index contributed by atoms with van der Waals surface area (Å²) < 4.78 is 18.7. The highest BCUT2D eigenvalue weighted by Gasteiger charge is 2.11. The van der Waals surface area contributed by atoms with Gasteiger partial charge < -0.3 is 4.74 Å². The summed E-state index contributed by atoms with van der Waals surface area (Å²) in [5.74, 6) is -0.260. The minimum Gasteiger partial charge on any atom is -0.464 e. The molecule has 88 valence electrons. The Morgan fingerprint density at radius 3 is 2.71 bits per heavy atom. The molecule has 0 saturated carbocycles. The number of rotatable bonds is 3. The van der Waals surface area contributed by atoms with E-state index in [1.54, 1.807) is 25.1 Å². The van der Waals surface area contributed by atoms with E-state index < -0.39 is 5.82 Å². The van der Waals surface area contributed by atoms with Crippen molar-refractivity contribution in [3.8, 4) is 17.4 Å². The highest BCUT2D eigenvalue weighted by Crippen LogP contribution is 2.21. The van der Waals surface area contributed by atoms with Gasteiger partial charge in [0.2, 0.25) is 5.28 Å². The maximum Gasteiger partial charge on any atom is 0.321 e. The SMILES string of the molecule is CCOc1nc(Cl)nc(-c2ccccc2F)n1. The van der Waals surface area contributed by atoms with Crippen LogP contribution in [0.2, 0.25) is 5.28 Å². The van der Waals surface area contributed by atoms with Gasteiger partial charge in [0.15, 0.2) is 5.82 Å². The smallest absolute Gasteiger partial charge is 0.321 e. The molecule has 0 amide bonds. The molecule has 0 bridgehead atoms. The highest BCUT2D eigenvalue weighted by atomic mass is 35.5. The zero-order valence-electron chi connectivity index (χ0n) is 9.02. The quantitative estimate of drug-likeness (QED) is 0.844. The molecule has 2 aromatic rings. The summed E-state index contributed by atoms with van der Waals surface area (Å²) in [7, 11) is 0. The molecule has 0 saturated heterocycles. The Morgan fingerprint density at radius 2 is 2.00 bits per heavy atom. The van der Waals surface area contributed by atoms with Gasteiger partial charge in [-0.15, -0.1) is 0 Å². The van der Waals surface area contributed by atoms with Crippen LogP contribution in [0.4, 0.5) is 4.39 Å². The fourth-order valence-corrected chi connectivity index (χ4v) is 1.44. The molecular weight excluding hydrogens is 245 g/mol. The van der Waals surface area contributed by atoms with Crippen LogP contribution in [-0.2, 0) is 0 Å². The van der Waals surface area contributed by atoms with Crippen molar-refractivity contribution < 1.29 is 9.13 Å². The molecule has 0 fully saturated rings. The van der Waals surface area contributed by atoms with Gasteiger partial charge in [-0.25, -0.2) is 4.39 Å². The Bertz CT molecular complexity index is 536. The molecule has 6 heteroatoms. The number of ether oxygens (including phenoxy) is 1. The van der Waals surface area contributed by atoms with E-state index in [1.165, 1.54) is 6.07 Å². The minimum atomic E-state index is -0.419. The number of benzene rings is 1. The summed E-state index contributed by atoms with van der Waals surface area (Å²) in [6.07, 6.45) is 0. The van der Waals surface area contributed by atoms with Gasteiger partial charge in [-0.1, -0.05) is 12.1 Å². The first kappa shape index (κ1) is 11.7. The van der Waals surface area contributed by atoms with Gasteiger partial charge in [-0.3, -0.25) is 0 Å². The summed E-state index contributed by atoms with van der Waals surface area (Å²) in [4.78, 5) is 11.6. The van der Waals surface area contributed by atoms with E-state index in [9.17, 15) is 4.39 Å². The van der Waals surface area contributed by atoms with E-state index in [0.717, 1.165) is 0 Å². The largest absolute Gasteiger partial charge is 0.464 e. The van der Waals surface area contributed by atoms with Gasteiger partial charge in [0.1, 0.15) is 5.82 Å². The maximum atomic E-state index is 13.5. The first-order chi connectivity index (χ1) is 8.20. The Kier molecular flexibility index (Phi) is 3.49. The number of nitrogens with zero attached hydrogens (tertiary/aromatic N) is 3. The lowest BCUT2D eigenvalue weighted by Gasteiger charge is -2.04. The number of halogens is 2. The molecule has 0 unspecified atom stereocenters. The molecule has 1 aromatic carbocycles. The third kappa shape index (κ3) is 2.68. The van der Waals surface area contributed by atoms with E-state index in [2.05, 4.69) is 15.0 Å². The normalized spacial score (nSPS) is 10.3. The van der Waals surface area contributed by atoms with Gasteiger partial charge in [0.25, 0.3) is 0 Å². The first-order valence-electron chi connectivity index (χ1n) is 5.00. The number of hydrogen-bond donors (Lipinski definition) is 0. The predicted molar refractivity (Wildman–Crippen MR) is 61.4 cm³/mol. The van der Waals surface area contributed by atoms with Crippen LogP contribution in [0.25, 0.3) is 11.4 Å². The number of aromatic nitrogens is 3. The van der Waals surface area contributed by atoms with Crippen molar-refractivity contribution in [3.05, 3.63) is 35.4 Å². The van der Waals surface area contributed by atoms with Crippen LogP contribution in [0, 0.1) is 5.82 Å². The van der Waals surface area contributed by atoms with E-state index in [1.807, 2.05) is 0 Å². The summed E-state index contributed by atoms with van der Waals surface area (Å²) in [6.45, 7) is 2.19. The Labute approximate surface area is 102 Å². The molecule has 17 heavy (non-hydrogen) atoms. The summed E-state index contributed by atoms with van der Waals surface area (Å²) in [5.41, 5.74) is 0.262. The average Bonchev–Trinajstić information content (AvgIpc) is 2.29. The maximum absolute atomic E-state index is 13.5. The minimum absolute atomic E-state index is 0.0262. The van der Waals surface area contributed by atoms with Crippen molar-refractivity contribution in [1.29, 1.82) is 0 Å². The van der Waals surface area contributed by atoms with E-state index in [4.69, 9.17) is 16.3 Å². The monoisotopic (exact) mass is 253 g/mol. The lowest BCUT2D eigenvalue weighted by Crippen LogP contribution is -2.02. The second-order valence-corrected chi connectivity index (χ2v) is 3.46. The third-order valence-corrected chi connectivity index (χ3v) is 2.14. The van der Waals surface area contributed by atoms with Crippen LogP contribution in [0.3, 0.4) is 0 Å². The topological polar surface area (TPSA) is 47.9 Å². The molecule has 0 aliphatic rings. The Balaban J connectivity index is 2.48. The molecule has 4 nitrogen and oxygen atoms in total. The van der Waals surface area contributed by atoms with Crippen LogP contribution in [0.15, 0.2) is 24.3 Å². The van der Waals surface area contributed by atoms with Gasteiger partial charge in [0, 0.05) is 0 Å². The molecule has 1 heterocycles. The van der Waals surface area contributed by atoms with Crippen molar-refractivity contribution in [3.63, 3.8) is 0 Å². The molecule has 0 radical (unpaired) electrons. The van der Waals surface area contributed by atoms with Crippen molar-refractivity contribution in [2.75, 3.05) is 6.61 Å². The lowest BCUT2D eigenvalue weighted by atomic mass is 10.2. The fourth-order valence-electron chi connectivity index (χ4n) is 1.29. The Hall–Kier alpha value is -1.75. The van der Waals surface area contributed by atoms with Crippen molar-refractivity contribution >= 4 is 11.6 Å². The zero-order valence-corrected chi connectivity index (χ0v) is 9.78. The lowest BCUT2D eigenvalue weighted by molar-refractivity contribution is 0.312.